The molecule has 1 aromatic rings. The van der Waals surface area contributed by atoms with E-state index in [-0.39, 0.29) is 12.1 Å². The molecule has 122 valence electrons. The summed E-state index contributed by atoms with van der Waals surface area (Å²) in [6.45, 7) is 6.86. The van der Waals surface area contributed by atoms with Gasteiger partial charge in [0, 0.05) is 25.7 Å². The van der Waals surface area contributed by atoms with Gasteiger partial charge in [0.15, 0.2) is 0 Å². The van der Waals surface area contributed by atoms with Crippen LogP contribution in [-0.4, -0.2) is 48.6 Å². The minimum Gasteiger partial charge on any atom is -0.337 e. The molecule has 0 bridgehead atoms. The summed E-state index contributed by atoms with van der Waals surface area (Å²) in [5, 5.41) is 3.08. The quantitative estimate of drug-likeness (QED) is 0.875. The zero-order valence-electron chi connectivity index (χ0n) is 14.1. The Bertz CT molecular complexity index is 463. The highest BCUT2D eigenvalue weighted by Gasteiger charge is 2.29. The Labute approximate surface area is 134 Å². The Morgan fingerprint density at radius 1 is 1.41 bits per heavy atom. The maximum Gasteiger partial charge on any atom is 0.317 e. The van der Waals surface area contributed by atoms with Crippen molar-refractivity contribution in [2.75, 3.05) is 26.7 Å². The molecule has 0 unspecified atom stereocenters. The molecule has 4 nitrogen and oxygen atoms in total. The summed E-state index contributed by atoms with van der Waals surface area (Å²) >= 11 is 0. The molecular formula is C18H29N3O. The molecule has 0 aliphatic carbocycles. The van der Waals surface area contributed by atoms with E-state index in [4.69, 9.17) is 0 Å². The van der Waals surface area contributed by atoms with Gasteiger partial charge in [-0.1, -0.05) is 37.3 Å². The van der Waals surface area contributed by atoms with Crippen LogP contribution in [0.4, 0.5) is 4.79 Å². The Morgan fingerprint density at radius 3 is 2.82 bits per heavy atom. The highest BCUT2D eigenvalue weighted by Crippen LogP contribution is 2.31. The van der Waals surface area contributed by atoms with E-state index in [0.717, 1.165) is 32.4 Å². The number of carbonyl (C=O) groups excluding carboxylic acids is 1. The third kappa shape index (κ3) is 4.23. The van der Waals surface area contributed by atoms with Crippen LogP contribution in [0.25, 0.3) is 0 Å². The van der Waals surface area contributed by atoms with Gasteiger partial charge in [-0.25, -0.2) is 4.79 Å². The summed E-state index contributed by atoms with van der Waals surface area (Å²) in [5.41, 5.74) is 1.24. The molecule has 0 aromatic heterocycles. The fraction of sp³-hybridized carbons (Fsp3) is 0.611. The molecule has 0 spiro atoms. The van der Waals surface area contributed by atoms with Crippen molar-refractivity contribution in [3.05, 3.63) is 35.9 Å². The first-order valence-electron chi connectivity index (χ1n) is 8.43. The normalized spacial score (nSPS) is 19.5. The zero-order chi connectivity index (χ0) is 15.9. The summed E-state index contributed by atoms with van der Waals surface area (Å²) in [7, 11) is 2.11. The minimum atomic E-state index is 0.0731. The van der Waals surface area contributed by atoms with Crippen LogP contribution in [0.15, 0.2) is 30.3 Å². The number of rotatable bonds is 6. The van der Waals surface area contributed by atoms with Gasteiger partial charge in [-0.05, 0) is 38.8 Å². The van der Waals surface area contributed by atoms with Gasteiger partial charge >= 0.3 is 6.03 Å². The van der Waals surface area contributed by atoms with E-state index in [0.29, 0.717) is 12.6 Å². The number of urea groups is 1. The number of benzene rings is 1. The second-order valence-corrected chi connectivity index (χ2v) is 6.23. The first kappa shape index (κ1) is 16.8. The minimum absolute atomic E-state index is 0.0731. The highest BCUT2D eigenvalue weighted by molar-refractivity contribution is 5.75. The van der Waals surface area contributed by atoms with E-state index < -0.39 is 0 Å². The van der Waals surface area contributed by atoms with Crippen LogP contribution in [-0.2, 0) is 0 Å². The van der Waals surface area contributed by atoms with Crippen LogP contribution < -0.4 is 5.32 Å². The van der Waals surface area contributed by atoms with Gasteiger partial charge in [0.1, 0.15) is 0 Å². The topological polar surface area (TPSA) is 35.6 Å². The van der Waals surface area contributed by atoms with E-state index in [1.807, 2.05) is 23.1 Å². The maximum absolute atomic E-state index is 12.4. The Morgan fingerprint density at radius 2 is 2.14 bits per heavy atom. The summed E-state index contributed by atoms with van der Waals surface area (Å²) < 4.78 is 0. The van der Waals surface area contributed by atoms with Crippen LogP contribution in [0, 0.1) is 0 Å². The van der Waals surface area contributed by atoms with Gasteiger partial charge in [-0.15, -0.1) is 0 Å². The van der Waals surface area contributed by atoms with Crippen molar-refractivity contribution in [3.63, 3.8) is 0 Å². The summed E-state index contributed by atoms with van der Waals surface area (Å²) in [6, 6.07) is 11.2. The van der Waals surface area contributed by atoms with Gasteiger partial charge in [-0.3, -0.25) is 0 Å². The predicted molar refractivity (Wildman–Crippen MR) is 90.9 cm³/mol. The average molecular weight is 303 g/mol. The third-order valence-electron chi connectivity index (χ3n) is 4.78. The second kappa shape index (κ2) is 8.18. The van der Waals surface area contributed by atoms with E-state index in [1.54, 1.807) is 0 Å². The fourth-order valence-corrected chi connectivity index (χ4v) is 3.00. The molecule has 1 heterocycles. The highest BCUT2D eigenvalue weighted by atomic mass is 16.2. The molecule has 4 heteroatoms. The maximum atomic E-state index is 12.4. The van der Waals surface area contributed by atoms with Gasteiger partial charge in [0.2, 0.25) is 0 Å². The molecule has 0 saturated carbocycles. The average Bonchev–Trinajstić information content (AvgIpc) is 3.04. The van der Waals surface area contributed by atoms with Crippen LogP contribution in [0.5, 0.6) is 0 Å². The zero-order valence-corrected chi connectivity index (χ0v) is 14.1. The molecular weight excluding hydrogens is 274 g/mol. The lowest BCUT2D eigenvalue weighted by atomic mass is 10.1. The molecule has 1 aromatic carbocycles. The lowest BCUT2D eigenvalue weighted by molar-refractivity contribution is 0.189. The largest absolute Gasteiger partial charge is 0.337 e. The number of amides is 2. The van der Waals surface area contributed by atoms with Gasteiger partial charge in [0.25, 0.3) is 0 Å². The molecule has 1 fully saturated rings. The molecule has 0 radical (unpaired) electrons. The lowest BCUT2D eigenvalue weighted by Crippen LogP contribution is -2.43. The van der Waals surface area contributed by atoms with Crippen LogP contribution in [0.2, 0.25) is 0 Å². The first-order chi connectivity index (χ1) is 10.6. The number of carbonyl (C=O) groups is 1. The van der Waals surface area contributed by atoms with Crippen molar-refractivity contribution in [2.45, 2.75) is 45.2 Å². The van der Waals surface area contributed by atoms with E-state index >= 15 is 0 Å². The first-order valence-corrected chi connectivity index (χ1v) is 8.43. The second-order valence-electron chi connectivity index (χ2n) is 6.23. The fourth-order valence-electron chi connectivity index (χ4n) is 3.00. The van der Waals surface area contributed by atoms with E-state index in [2.05, 4.69) is 43.2 Å². The van der Waals surface area contributed by atoms with Crippen molar-refractivity contribution in [1.82, 2.24) is 15.1 Å². The molecule has 1 aliphatic rings. The molecule has 1 aliphatic heterocycles. The number of hydrogen-bond donors (Lipinski definition) is 1. The smallest absolute Gasteiger partial charge is 0.317 e. The van der Waals surface area contributed by atoms with Crippen molar-refractivity contribution in [3.8, 4) is 0 Å². The van der Waals surface area contributed by atoms with E-state index in [9.17, 15) is 4.79 Å². The monoisotopic (exact) mass is 303 g/mol. The van der Waals surface area contributed by atoms with Crippen molar-refractivity contribution < 1.29 is 4.79 Å². The Hall–Kier alpha value is -1.55. The van der Waals surface area contributed by atoms with E-state index in [1.165, 1.54) is 5.56 Å². The molecule has 22 heavy (non-hydrogen) atoms. The summed E-state index contributed by atoms with van der Waals surface area (Å²) in [5.74, 6) is 0. The van der Waals surface area contributed by atoms with Crippen molar-refractivity contribution in [1.29, 1.82) is 0 Å². The number of hydrogen-bond acceptors (Lipinski definition) is 2. The van der Waals surface area contributed by atoms with Crippen molar-refractivity contribution in [2.24, 2.45) is 0 Å². The third-order valence-corrected chi connectivity index (χ3v) is 4.78. The molecule has 2 rings (SSSR count). The molecule has 2 amide bonds. The van der Waals surface area contributed by atoms with Crippen molar-refractivity contribution >= 4 is 6.03 Å². The van der Waals surface area contributed by atoms with Crippen LogP contribution >= 0.6 is 0 Å². The van der Waals surface area contributed by atoms with Crippen LogP contribution in [0.1, 0.15) is 44.7 Å². The molecule has 2 atom stereocenters. The summed E-state index contributed by atoms with van der Waals surface area (Å²) in [4.78, 5) is 16.7. The van der Waals surface area contributed by atoms with Gasteiger partial charge in [-0.2, -0.15) is 0 Å². The lowest BCUT2D eigenvalue weighted by Gasteiger charge is -2.27. The SMILES string of the molecule is CC[C@H](C)N(C)CCNC(=O)N1CCC[C@H]1c1ccccc1. The van der Waals surface area contributed by atoms with Gasteiger partial charge < -0.3 is 15.1 Å². The summed E-state index contributed by atoms with van der Waals surface area (Å²) in [6.07, 6.45) is 3.27. The number of nitrogens with one attached hydrogen (secondary N) is 1. The van der Waals surface area contributed by atoms with Gasteiger partial charge in [0.05, 0.1) is 6.04 Å². The number of likely N-dealkylation sites (N-methyl/N-ethyl adjacent to an activating group) is 1. The molecule has 1 N–H and O–H groups in total. The molecule has 1 saturated heterocycles. The number of likely N-dealkylation sites (tertiary alicyclic amines) is 1. The number of nitrogens with zero attached hydrogens (tertiary/aromatic N) is 2. The Kier molecular flexibility index (Phi) is 6.25. The van der Waals surface area contributed by atoms with Crippen LogP contribution in [0.3, 0.4) is 0 Å². The standard InChI is InChI=1S/C18H29N3O/c1-4-15(2)20(3)14-12-19-18(22)21-13-8-11-17(21)16-9-6-5-7-10-16/h5-7,9-10,15,17H,4,8,11-14H2,1-3H3,(H,19,22)/t15-,17-/m0/s1. The predicted octanol–water partition coefficient (Wildman–Crippen LogP) is 3.26. The Balaban J connectivity index is 1.84.